The summed E-state index contributed by atoms with van der Waals surface area (Å²) in [5.74, 6) is -0.569. The van der Waals surface area contributed by atoms with Gasteiger partial charge in [-0.1, -0.05) is 0 Å². The summed E-state index contributed by atoms with van der Waals surface area (Å²) in [6.07, 6.45) is 0. The quantitative estimate of drug-likeness (QED) is 0.858. The van der Waals surface area contributed by atoms with Crippen LogP contribution in [0.1, 0.15) is 11.3 Å². The molecule has 94 valence electrons. The van der Waals surface area contributed by atoms with E-state index in [2.05, 4.69) is 10.3 Å². The van der Waals surface area contributed by atoms with Gasteiger partial charge in [-0.25, -0.2) is 13.8 Å². The second-order valence-electron chi connectivity index (χ2n) is 4.08. The van der Waals surface area contributed by atoms with Crippen LogP contribution in [-0.2, 0) is 0 Å². The number of nitrogens with one attached hydrogen (secondary N) is 1. The summed E-state index contributed by atoms with van der Waals surface area (Å²) in [6, 6.07) is 5.52. The van der Waals surface area contributed by atoms with Gasteiger partial charge in [0, 0.05) is 6.07 Å². The molecule has 0 atom stereocenters. The molecule has 0 amide bonds. The molecule has 1 heterocycles. The van der Waals surface area contributed by atoms with Gasteiger partial charge in [0.25, 0.3) is 0 Å². The molecular weight excluding hydrogens is 236 g/mol. The summed E-state index contributed by atoms with van der Waals surface area (Å²) in [6.45, 7) is 3.25. The Labute approximate surface area is 104 Å². The molecule has 5 heteroatoms. The van der Waals surface area contributed by atoms with E-state index in [0.29, 0.717) is 17.2 Å². The first-order valence-electron chi connectivity index (χ1n) is 5.43. The van der Waals surface area contributed by atoms with Crippen molar-refractivity contribution < 1.29 is 8.78 Å². The highest BCUT2D eigenvalue weighted by molar-refractivity contribution is 5.60. The standard InChI is InChI=1S/C13H13F2N3/c1-7-5-10(15)12(6-9(7)14)18-13-4-3-11(16)8(2)17-13/h3-6H,16H2,1-2H3,(H,17,18). The first-order valence-corrected chi connectivity index (χ1v) is 5.43. The van der Waals surface area contributed by atoms with Crippen molar-refractivity contribution in [1.29, 1.82) is 0 Å². The number of hydrogen-bond acceptors (Lipinski definition) is 3. The van der Waals surface area contributed by atoms with E-state index in [0.717, 1.165) is 12.1 Å². The molecule has 1 aromatic carbocycles. The lowest BCUT2D eigenvalue weighted by atomic mass is 10.2. The lowest BCUT2D eigenvalue weighted by Gasteiger charge is -2.09. The average Bonchev–Trinajstić information content (AvgIpc) is 2.31. The fourth-order valence-corrected chi connectivity index (χ4v) is 1.52. The average molecular weight is 249 g/mol. The maximum Gasteiger partial charge on any atom is 0.147 e. The first-order chi connectivity index (χ1) is 8.47. The van der Waals surface area contributed by atoms with Crippen molar-refractivity contribution in [2.75, 3.05) is 11.1 Å². The maximum absolute atomic E-state index is 13.6. The Kier molecular flexibility index (Phi) is 3.14. The topological polar surface area (TPSA) is 50.9 Å². The van der Waals surface area contributed by atoms with E-state index in [9.17, 15) is 8.78 Å². The molecule has 3 nitrogen and oxygen atoms in total. The van der Waals surface area contributed by atoms with Crippen molar-refractivity contribution in [2.45, 2.75) is 13.8 Å². The predicted octanol–water partition coefficient (Wildman–Crippen LogP) is 3.30. The van der Waals surface area contributed by atoms with Crippen LogP contribution in [0.25, 0.3) is 0 Å². The predicted molar refractivity (Wildman–Crippen MR) is 67.8 cm³/mol. The highest BCUT2D eigenvalue weighted by Gasteiger charge is 2.08. The van der Waals surface area contributed by atoms with Gasteiger partial charge in [0.2, 0.25) is 0 Å². The SMILES string of the molecule is Cc1cc(F)c(Nc2ccc(N)c(C)n2)cc1F. The van der Waals surface area contributed by atoms with Crippen LogP contribution in [0.4, 0.5) is 26.0 Å². The number of nitrogens with zero attached hydrogens (tertiary/aromatic N) is 1. The molecular formula is C13H13F2N3. The van der Waals surface area contributed by atoms with Gasteiger partial charge in [-0.2, -0.15) is 0 Å². The number of nitrogen functional groups attached to an aromatic ring is 1. The Morgan fingerprint density at radius 2 is 1.83 bits per heavy atom. The van der Waals surface area contributed by atoms with Gasteiger partial charge in [-0.3, -0.25) is 0 Å². The molecule has 0 unspecified atom stereocenters. The Bertz CT molecular complexity index is 597. The van der Waals surface area contributed by atoms with E-state index in [4.69, 9.17) is 5.73 Å². The molecule has 0 aliphatic rings. The molecule has 0 bridgehead atoms. The number of pyridine rings is 1. The van der Waals surface area contributed by atoms with Crippen molar-refractivity contribution in [3.05, 3.63) is 47.2 Å². The van der Waals surface area contributed by atoms with Gasteiger partial charge in [0.1, 0.15) is 17.5 Å². The highest BCUT2D eigenvalue weighted by atomic mass is 19.1. The molecule has 0 saturated heterocycles. The van der Waals surface area contributed by atoms with Gasteiger partial charge < -0.3 is 11.1 Å². The van der Waals surface area contributed by atoms with E-state index in [1.165, 1.54) is 6.92 Å². The van der Waals surface area contributed by atoms with E-state index in [1.54, 1.807) is 19.1 Å². The van der Waals surface area contributed by atoms with E-state index in [-0.39, 0.29) is 11.3 Å². The van der Waals surface area contributed by atoms with Crippen LogP contribution in [0.15, 0.2) is 24.3 Å². The number of benzene rings is 1. The summed E-state index contributed by atoms with van der Waals surface area (Å²) in [7, 11) is 0. The number of anilines is 3. The van der Waals surface area contributed by atoms with E-state index >= 15 is 0 Å². The molecule has 0 fully saturated rings. The third-order valence-electron chi connectivity index (χ3n) is 2.64. The lowest BCUT2D eigenvalue weighted by molar-refractivity contribution is 0.595. The van der Waals surface area contributed by atoms with Gasteiger partial charge in [0.15, 0.2) is 0 Å². The molecule has 0 aliphatic heterocycles. The monoisotopic (exact) mass is 249 g/mol. The van der Waals surface area contributed by atoms with Gasteiger partial charge in [0.05, 0.1) is 17.1 Å². The molecule has 2 aromatic rings. The van der Waals surface area contributed by atoms with Gasteiger partial charge in [-0.05, 0) is 37.6 Å². The number of aryl methyl sites for hydroxylation is 2. The van der Waals surface area contributed by atoms with Crippen LogP contribution in [0.5, 0.6) is 0 Å². The van der Waals surface area contributed by atoms with Gasteiger partial charge in [-0.15, -0.1) is 0 Å². The second kappa shape index (κ2) is 4.60. The molecule has 0 saturated carbocycles. The third kappa shape index (κ3) is 2.40. The third-order valence-corrected chi connectivity index (χ3v) is 2.64. The first kappa shape index (κ1) is 12.3. The largest absolute Gasteiger partial charge is 0.397 e. The summed E-state index contributed by atoms with van der Waals surface area (Å²) in [5, 5.41) is 2.73. The minimum atomic E-state index is -0.523. The normalized spacial score (nSPS) is 10.4. The Hall–Kier alpha value is -2.17. The summed E-state index contributed by atoms with van der Waals surface area (Å²) in [5.41, 5.74) is 7.13. The van der Waals surface area contributed by atoms with Gasteiger partial charge >= 0.3 is 0 Å². The fraction of sp³-hybridized carbons (Fsp3) is 0.154. The number of hydrogen-bond donors (Lipinski definition) is 2. The second-order valence-corrected chi connectivity index (χ2v) is 4.08. The van der Waals surface area contributed by atoms with Crippen LogP contribution < -0.4 is 11.1 Å². The number of halogens is 2. The molecule has 1 aromatic heterocycles. The van der Waals surface area contributed by atoms with Crippen LogP contribution >= 0.6 is 0 Å². The minimum Gasteiger partial charge on any atom is -0.397 e. The van der Waals surface area contributed by atoms with Crippen molar-refractivity contribution in [1.82, 2.24) is 4.98 Å². The van der Waals surface area contributed by atoms with Crippen molar-refractivity contribution in [3.8, 4) is 0 Å². The van der Waals surface area contributed by atoms with Crippen molar-refractivity contribution in [3.63, 3.8) is 0 Å². The zero-order valence-electron chi connectivity index (χ0n) is 10.1. The molecule has 18 heavy (non-hydrogen) atoms. The Morgan fingerprint density at radius 1 is 1.11 bits per heavy atom. The van der Waals surface area contributed by atoms with Crippen LogP contribution in [0, 0.1) is 25.5 Å². The van der Waals surface area contributed by atoms with E-state index < -0.39 is 11.6 Å². The highest BCUT2D eigenvalue weighted by Crippen LogP contribution is 2.23. The lowest BCUT2D eigenvalue weighted by Crippen LogP contribution is -2.01. The Balaban J connectivity index is 2.34. The molecule has 3 N–H and O–H groups in total. The molecule has 0 radical (unpaired) electrons. The van der Waals surface area contributed by atoms with Crippen molar-refractivity contribution >= 4 is 17.2 Å². The molecule has 0 aliphatic carbocycles. The van der Waals surface area contributed by atoms with Crippen LogP contribution in [0.2, 0.25) is 0 Å². The minimum absolute atomic E-state index is 0.0507. The summed E-state index contributed by atoms with van der Waals surface area (Å²) in [4.78, 5) is 4.14. The fourth-order valence-electron chi connectivity index (χ4n) is 1.52. The summed E-state index contributed by atoms with van der Waals surface area (Å²) < 4.78 is 27.0. The number of aromatic nitrogens is 1. The zero-order chi connectivity index (χ0) is 13.3. The Morgan fingerprint density at radius 3 is 2.50 bits per heavy atom. The maximum atomic E-state index is 13.6. The number of nitrogens with two attached hydrogens (primary N) is 1. The van der Waals surface area contributed by atoms with Crippen LogP contribution in [0.3, 0.4) is 0 Å². The summed E-state index contributed by atoms with van der Waals surface area (Å²) >= 11 is 0. The zero-order valence-corrected chi connectivity index (χ0v) is 10.1. The van der Waals surface area contributed by atoms with Crippen LogP contribution in [-0.4, -0.2) is 4.98 Å². The molecule has 0 spiro atoms. The smallest absolute Gasteiger partial charge is 0.147 e. The van der Waals surface area contributed by atoms with Crippen molar-refractivity contribution in [2.24, 2.45) is 0 Å². The molecule has 2 rings (SSSR count). The number of rotatable bonds is 2. The van der Waals surface area contributed by atoms with E-state index in [1.807, 2.05) is 0 Å².